The van der Waals surface area contributed by atoms with E-state index in [1.807, 2.05) is 0 Å². The molecule has 0 saturated heterocycles. The summed E-state index contributed by atoms with van der Waals surface area (Å²) in [6.07, 6.45) is -4.84. The van der Waals surface area contributed by atoms with E-state index in [2.05, 4.69) is 14.7 Å². The van der Waals surface area contributed by atoms with Gasteiger partial charge in [-0.15, -0.1) is 13.2 Å². The van der Waals surface area contributed by atoms with Gasteiger partial charge in [-0.1, -0.05) is 23.7 Å². The number of rotatable bonds is 4. The summed E-state index contributed by atoms with van der Waals surface area (Å²) in [7, 11) is 41.9. The van der Waals surface area contributed by atoms with Crippen LogP contribution in [0.4, 0.5) is 13.2 Å². The molecule has 1 aliphatic rings. The van der Waals surface area contributed by atoms with Crippen molar-refractivity contribution in [2.75, 3.05) is 6.54 Å². The molecule has 2 aromatic carbocycles. The van der Waals surface area contributed by atoms with Gasteiger partial charge in [-0.05, 0) is 46.6 Å². The van der Waals surface area contributed by atoms with E-state index < -0.39 is 35.3 Å². The molecular formula is C21H9B7F3N3O3. The van der Waals surface area contributed by atoms with Crippen LogP contribution in [0.2, 0.25) is 0 Å². The molecule has 168 valence electrons. The monoisotopic (exact) mass is 485 g/mol. The zero-order chi connectivity index (χ0) is 27.3. The van der Waals surface area contributed by atoms with Crippen molar-refractivity contribution < 1.29 is 27.4 Å². The van der Waals surface area contributed by atoms with E-state index >= 15 is 0 Å². The molecule has 14 radical (unpaired) electrons. The normalized spacial score (nSPS) is 15.4. The van der Waals surface area contributed by atoms with E-state index in [0.717, 1.165) is 17.0 Å². The molecule has 0 N–H and O–H groups in total. The lowest BCUT2D eigenvalue weighted by molar-refractivity contribution is -0.274. The zero-order valence-corrected chi connectivity index (χ0v) is 19.0. The highest BCUT2D eigenvalue weighted by Gasteiger charge is 2.42. The van der Waals surface area contributed by atoms with Crippen molar-refractivity contribution in [2.24, 2.45) is 0 Å². The molecule has 2 heterocycles. The Labute approximate surface area is 220 Å². The first-order valence-corrected chi connectivity index (χ1v) is 10.4. The molecule has 0 saturated carbocycles. The lowest BCUT2D eigenvalue weighted by atomic mass is 9.57. The first kappa shape index (κ1) is 26.9. The molecule has 0 aliphatic carbocycles. The summed E-state index contributed by atoms with van der Waals surface area (Å²) in [5, 5.41) is -4.18. The Hall–Kier alpha value is -3.17. The standard InChI is InChI=1S/C21H9B7F3N3O3/c22-14-15(23)32-18(33-16(14)24)20(27,28)34-8-19(25,26)37-13-6-3-10(7-12(13)17(34)35)9-1-4-11(5-2-9)36-21(29,30)31/h1-7H,8H2. The van der Waals surface area contributed by atoms with Gasteiger partial charge in [0, 0.05) is 17.3 Å². The van der Waals surface area contributed by atoms with Crippen molar-refractivity contribution in [1.82, 2.24) is 14.9 Å². The summed E-state index contributed by atoms with van der Waals surface area (Å²) >= 11 is 0. The number of benzene rings is 2. The third-order valence-corrected chi connectivity index (χ3v) is 5.39. The maximum absolute atomic E-state index is 13.7. The Morgan fingerprint density at radius 3 is 2.08 bits per heavy atom. The summed E-state index contributed by atoms with van der Waals surface area (Å²) in [6.45, 7) is -0.514. The number of nitrogens with zero attached hydrogens (tertiary/aromatic N) is 3. The Kier molecular flexibility index (Phi) is 6.75. The maximum atomic E-state index is 13.7. The van der Waals surface area contributed by atoms with Crippen LogP contribution in [0.5, 0.6) is 11.5 Å². The third-order valence-electron chi connectivity index (χ3n) is 5.39. The molecule has 0 atom stereocenters. The number of aromatic nitrogens is 2. The topological polar surface area (TPSA) is 64.6 Å². The Morgan fingerprint density at radius 1 is 0.946 bits per heavy atom. The molecule has 3 aromatic rings. The molecule has 0 spiro atoms. The van der Waals surface area contributed by atoms with Crippen LogP contribution in [0.3, 0.4) is 0 Å². The van der Waals surface area contributed by atoms with Gasteiger partial charge in [0.15, 0.2) is 0 Å². The van der Waals surface area contributed by atoms with Gasteiger partial charge in [-0.2, -0.15) is 0 Å². The quantitative estimate of drug-likeness (QED) is 0.418. The number of carbonyl (C=O) groups excluding carboxylic acids is 1. The van der Waals surface area contributed by atoms with E-state index in [1.54, 1.807) is 6.07 Å². The fraction of sp³-hybridized carbons (Fsp3) is 0.190. The molecule has 0 bridgehead atoms. The molecule has 6 nitrogen and oxygen atoms in total. The van der Waals surface area contributed by atoms with E-state index in [0.29, 0.717) is 11.1 Å². The maximum Gasteiger partial charge on any atom is 0.573 e. The predicted octanol–water partition coefficient (Wildman–Crippen LogP) is -1.60. The predicted molar refractivity (Wildman–Crippen MR) is 136 cm³/mol. The third kappa shape index (κ3) is 5.57. The molecule has 0 unspecified atom stereocenters. The van der Waals surface area contributed by atoms with Crippen molar-refractivity contribution in [2.45, 2.75) is 17.1 Å². The van der Waals surface area contributed by atoms with Crippen LogP contribution in [0, 0.1) is 0 Å². The van der Waals surface area contributed by atoms with Crippen molar-refractivity contribution in [3.05, 3.63) is 53.9 Å². The van der Waals surface area contributed by atoms with Gasteiger partial charge in [-0.3, -0.25) is 4.79 Å². The molecule has 37 heavy (non-hydrogen) atoms. The van der Waals surface area contributed by atoms with Gasteiger partial charge >= 0.3 is 6.36 Å². The van der Waals surface area contributed by atoms with Gasteiger partial charge in [0.05, 0.1) is 5.56 Å². The number of hydrogen-bond acceptors (Lipinski definition) is 5. The van der Waals surface area contributed by atoms with Gasteiger partial charge < -0.3 is 14.4 Å². The molecule has 16 heteroatoms. The summed E-state index contributed by atoms with van der Waals surface area (Å²) in [5.41, 5.74) is 0.318. The first-order chi connectivity index (χ1) is 17.1. The van der Waals surface area contributed by atoms with Crippen LogP contribution >= 0.6 is 0 Å². The van der Waals surface area contributed by atoms with E-state index in [4.69, 9.17) is 59.7 Å². The second kappa shape index (κ2) is 9.29. The Balaban J connectivity index is 1.75. The van der Waals surface area contributed by atoms with Crippen LogP contribution in [0.1, 0.15) is 16.2 Å². The minimum absolute atomic E-state index is 0.00586. The summed E-state index contributed by atoms with van der Waals surface area (Å²) in [5.74, 6) is -1.52. The fourth-order valence-corrected chi connectivity index (χ4v) is 3.62. The second-order valence-corrected chi connectivity index (χ2v) is 8.29. The van der Waals surface area contributed by atoms with E-state index in [-0.39, 0.29) is 33.8 Å². The van der Waals surface area contributed by atoms with Gasteiger partial charge in [0.2, 0.25) is 0 Å². The lowest BCUT2D eigenvalue weighted by Gasteiger charge is -2.42. The molecular weight excluding hydrogens is 475 g/mol. The summed E-state index contributed by atoms with van der Waals surface area (Å²) in [4.78, 5) is 22.4. The van der Waals surface area contributed by atoms with Crippen molar-refractivity contribution in [3.63, 3.8) is 0 Å². The largest absolute Gasteiger partial charge is 0.573 e. The minimum atomic E-state index is -4.84. The van der Waals surface area contributed by atoms with Crippen LogP contribution in [-0.2, 0) is 5.34 Å². The molecule has 1 aromatic heterocycles. The molecule has 1 amide bonds. The molecule has 4 rings (SSSR count). The van der Waals surface area contributed by atoms with Crippen LogP contribution < -0.4 is 26.1 Å². The second-order valence-electron chi connectivity index (χ2n) is 8.29. The van der Waals surface area contributed by atoms with E-state index in [1.165, 1.54) is 24.3 Å². The molecule has 0 fully saturated rings. The summed E-state index contributed by atoms with van der Waals surface area (Å²) in [6, 6.07) is 9.40. The van der Waals surface area contributed by atoms with Crippen LogP contribution in [-0.4, -0.2) is 94.0 Å². The van der Waals surface area contributed by atoms with Crippen molar-refractivity contribution in [3.8, 4) is 22.6 Å². The smallest absolute Gasteiger partial charge is 0.504 e. The van der Waals surface area contributed by atoms with Gasteiger partial charge in [-0.25, -0.2) is 9.97 Å². The number of alkyl halides is 3. The SMILES string of the molecule is [B]c1nc(C([B])([B])N2CC([B])([B])Oc3ccc(-c4ccc(OC(F)(F)F)cc4)cc3C2=O)nc([B])c1[B]. The van der Waals surface area contributed by atoms with Crippen molar-refractivity contribution in [1.29, 1.82) is 0 Å². The minimum Gasteiger partial charge on any atom is -0.504 e. The highest BCUT2D eigenvalue weighted by Crippen LogP contribution is 2.35. The number of ether oxygens (including phenoxy) is 2. The highest BCUT2D eigenvalue weighted by molar-refractivity contribution is 6.55. The van der Waals surface area contributed by atoms with Crippen molar-refractivity contribution >= 4 is 77.5 Å². The molecule has 1 aliphatic heterocycles. The van der Waals surface area contributed by atoms with Crippen LogP contribution in [0.15, 0.2) is 42.5 Å². The number of fused-ring (bicyclic) bond motifs is 1. The van der Waals surface area contributed by atoms with Crippen LogP contribution in [0.25, 0.3) is 11.1 Å². The Bertz CT molecular complexity index is 1350. The summed E-state index contributed by atoms with van der Waals surface area (Å²) < 4.78 is 46.9. The number of halogens is 3. The number of carbonyl (C=O) groups is 1. The van der Waals surface area contributed by atoms with Gasteiger partial charge in [0.25, 0.3) is 5.91 Å². The van der Waals surface area contributed by atoms with E-state index in [9.17, 15) is 18.0 Å². The van der Waals surface area contributed by atoms with Gasteiger partial charge in [0.1, 0.15) is 72.2 Å². The zero-order valence-electron chi connectivity index (χ0n) is 19.0. The highest BCUT2D eigenvalue weighted by atomic mass is 19.4. The number of hydrogen-bond donors (Lipinski definition) is 0. The fourth-order valence-electron chi connectivity index (χ4n) is 3.62. The average molecular weight is 484 g/mol. The Morgan fingerprint density at radius 2 is 1.51 bits per heavy atom. The lowest BCUT2D eigenvalue weighted by Crippen LogP contribution is -2.59. The average Bonchev–Trinajstić information content (AvgIpc) is 2.89. The first-order valence-electron chi connectivity index (χ1n) is 10.4. The number of amides is 1.